The average Bonchev–Trinajstić information content (AvgIpc) is 3.86. The van der Waals surface area contributed by atoms with Crippen LogP contribution in [0, 0.1) is 29.1 Å². The summed E-state index contributed by atoms with van der Waals surface area (Å²) in [6, 6.07) is 1.14. The van der Waals surface area contributed by atoms with Crippen molar-refractivity contribution in [2.75, 3.05) is 12.3 Å². The van der Waals surface area contributed by atoms with Gasteiger partial charge in [0, 0.05) is 12.6 Å². The number of nitrogen functional groups attached to an aromatic ring is 1. The second-order valence-electron chi connectivity index (χ2n) is 16.1. The summed E-state index contributed by atoms with van der Waals surface area (Å²) < 4.78 is 46.2. The first-order chi connectivity index (χ1) is 25.6. The third kappa shape index (κ3) is 8.56. The minimum atomic E-state index is -3.89. The number of fused-ring (bicyclic) bond motifs is 1. The molecule has 0 radical (unpaired) electrons. The highest BCUT2D eigenvalue weighted by molar-refractivity contribution is 5.77. The number of alkyl halides is 2. The van der Waals surface area contributed by atoms with Gasteiger partial charge in [-0.2, -0.15) is 13.8 Å². The lowest BCUT2D eigenvalue weighted by Crippen LogP contribution is -2.42. The largest absolute Gasteiger partial charge is 0.463 e. The Labute approximate surface area is 313 Å². The SMILES string of the molecule is C=C1/C(=C\C=C2/CCC[C@@]3(C)C2CCC3[C@@H](C)/C=C/C(OC(=O)CCC(=O)OCC2OC(n3ccc(N)nc3=O)C(F)(F)C2O)C2CC2)C[C@@H](O)CC1O. The average molecular weight is 758 g/mol. The molecule has 0 amide bonds. The van der Waals surface area contributed by atoms with Gasteiger partial charge in [-0.05, 0) is 104 Å². The molecule has 1 aliphatic heterocycles. The Hall–Kier alpha value is -3.72. The van der Waals surface area contributed by atoms with E-state index in [0.717, 1.165) is 62.8 Å². The topological polar surface area (TPSA) is 183 Å². The van der Waals surface area contributed by atoms with Gasteiger partial charge in [0.05, 0.1) is 25.0 Å². The molecular weight excluding hydrogens is 704 g/mol. The number of aliphatic hydroxyl groups excluding tert-OH is 3. The predicted octanol–water partition coefficient (Wildman–Crippen LogP) is 4.70. The van der Waals surface area contributed by atoms with E-state index in [9.17, 15) is 38.5 Å². The van der Waals surface area contributed by atoms with E-state index in [4.69, 9.17) is 19.9 Å². The van der Waals surface area contributed by atoms with Crippen LogP contribution in [0.2, 0.25) is 0 Å². The first-order valence-corrected chi connectivity index (χ1v) is 19.1. The fraction of sp³-hybridized carbons (Fsp3) is 0.650. The van der Waals surface area contributed by atoms with Gasteiger partial charge in [0.2, 0.25) is 6.23 Å². The Morgan fingerprint density at radius 1 is 1.15 bits per heavy atom. The molecule has 5 aliphatic rings. The quantitative estimate of drug-likeness (QED) is 0.171. The van der Waals surface area contributed by atoms with Gasteiger partial charge in [-0.3, -0.25) is 14.2 Å². The van der Waals surface area contributed by atoms with Crippen molar-refractivity contribution in [3.63, 3.8) is 0 Å². The molecule has 5 fully saturated rings. The number of carbonyl (C=O) groups excluding carboxylic acids is 2. The minimum Gasteiger partial charge on any atom is -0.463 e. The van der Waals surface area contributed by atoms with Crippen LogP contribution in [0.25, 0.3) is 0 Å². The van der Waals surface area contributed by atoms with Crippen molar-refractivity contribution in [3.05, 3.63) is 70.3 Å². The second kappa shape index (κ2) is 16.2. The summed E-state index contributed by atoms with van der Waals surface area (Å²) in [6.45, 7) is 7.95. The highest BCUT2D eigenvalue weighted by Crippen LogP contribution is 2.59. The lowest BCUT2D eigenvalue weighted by molar-refractivity contribution is -0.156. The summed E-state index contributed by atoms with van der Waals surface area (Å²) >= 11 is 0. The summed E-state index contributed by atoms with van der Waals surface area (Å²) in [5.41, 5.74) is 7.47. The molecule has 0 spiro atoms. The number of hydrogen-bond acceptors (Lipinski definition) is 11. The standard InChI is InChI=1S/C40H53F2N3O9/c1-22(28-11-12-29-24(5-4-17-39(28,29)3)7-10-26-19-27(46)20-30(47)23(26)2)6-13-31(25-8-9-25)53-35(49)15-14-34(48)52-21-32-36(50)40(41,42)37(54-32)45-18-16-33(43)44-38(45)51/h6-7,10,13,16,18,22,25,27-32,36-37,46-47,50H,2,4-5,8-9,11-12,14-15,17,19-21H2,1,3H3,(H2,43,44,51)/b13-6+,24-7+,26-10-/t22-,27+,28?,29?,30?,31?,32?,36?,37?,39+/m0/s1. The minimum absolute atomic E-state index is 0.114. The maximum atomic E-state index is 14.8. The number of nitrogens with two attached hydrogens (primary N) is 1. The lowest BCUT2D eigenvalue weighted by Gasteiger charge is -2.44. The molecule has 14 heteroatoms. The fourth-order valence-corrected chi connectivity index (χ4v) is 9.12. The van der Waals surface area contributed by atoms with E-state index in [2.05, 4.69) is 43.6 Å². The summed E-state index contributed by atoms with van der Waals surface area (Å²) in [4.78, 5) is 40.8. The monoisotopic (exact) mass is 757 g/mol. The van der Waals surface area contributed by atoms with E-state index in [0.29, 0.717) is 34.8 Å². The highest BCUT2D eigenvalue weighted by Gasteiger charge is 2.60. The van der Waals surface area contributed by atoms with Crippen LogP contribution in [-0.4, -0.2) is 79.9 Å². The molecule has 1 saturated heterocycles. The van der Waals surface area contributed by atoms with Crippen LogP contribution in [0.15, 0.2) is 64.7 Å². The van der Waals surface area contributed by atoms with Gasteiger partial charge in [0.15, 0.2) is 6.10 Å². The van der Waals surface area contributed by atoms with Gasteiger partial charge in [-0.15, -0.1) is 0 Å². The van der Waals surface area contributed by atoms with Crippen molar-refractivity contribution >= 4 is 17.8 Å². The molecule has 0 bridgehead atoms. The van der Waals surface area contributed by atoms with Crippen molar-refractivity contribution < 1.29 is 47.9 Å². The highest BCUT2D eigenvalue weighted by atomic mass is 19.3. The van der Waals surface area contributed by atoms with Gasteiger partial charge in [-0.25, -0.2) is 4.79 Å². The maximum Gasteiger partial charge on any atom is 0.351 e. The Bertz CT molecular complexity index is 1740. The molecule has 1 aromatic heterocycles. The van der Waals surface area contributed by atoms with Crippen molar-refractivity contribution in [1.29, 1.82) is 0 Å². The summed E-state index contributed by atoms with van der Waals surface area (Å²) in [6.07, 6.45) is 9.01. The van der Waals surface area contributed by atoms with Crippen LogP contribution in [-0.2, 0) is 23.8 Å². The Morgan fingerprint density at radius 3 is 2.61 bits per heavy atom. The summed E-state index contributed by atoms with van der Waals surface area (Å²) in [5.74, 6) is -4.16. The molecule has 54 heavy (non-hydrogen) atoms. The number of carbonyl (C=O) groups is 2. The number of allylic oxidation sites excluding steroid dienone is 4. The molecule has 4 aliphatic carbocycles. The Morgan fingerprint density at radius 2 is 1.89 bits per heavy atom. The molecule has 296 valence electrons. The third-order valence-electron chi connectivity index (χ3n) is 12.3. The van der Waals surface area contributed by atoms with Crippen LogP contribution < -0.4 is 11.4 Å². The number of nitrogens with zero attached hydrogens (tertiary/aromatic N) is 2. The smallest absolute Gasteiger partial charge is 0.351 e. The van der Waals surface area contributed by atoms with Gasteiger partial charge < -0.3 is 35.3 Å². The number of esters is 2. The van der Waals surface area contributed by atoms with Crippen molar-refractivity contribution in [3.8, 4) is 0 Å². The number of hydrogen-bond donors (Lipinski definition) is 4. The fourth-order valence-electron chi connectivity index (χ4n) is 9.12. The number of aromatic nitrogens is 2. The number of rotatable bonds is 12. The first-order valence-electron chi connectivity index (χ1n) is 19.1. The zero-order valence-corrected chi connectivity index (χ0v) is 30.9. The van der Waals surface area contributed by atoms with E-state index in [-0.39, 0.29) is 35.9 Å². The molecule has 0 aromatic carbocycles. The van der Waals surface area contributed by atoms with Crippen LogP contribution >= 0.6 is 0 Å². The van der Waals surface area contributed by atoms with Crippen LogP contribution in [0.4, 0.5) is 14.6 Å². The molecular formula is C40H53F2N3O9. The molecule has 10 atom stereocenters. The number of anilines is 1. The zero-order chi connectivity index (χ0) is 38.9. The number of aliphatic hydroxyl groups is 3. The lowest BCUT2D eigenvalue weighted by atomic mass is 9.61. The molecule has 1 aromatic rings. The maximum absolute atomic E-state index is 14.8. The van der Waals surface area contributed by atoms with E-state index >= 15 is 0 Å². The van der Waals surface area contributed by atoms with Crippen LogP contribution in [0.3, 0.4) is 0 Å². The zero-order valence-electron chi connectivity index (χ0n) is 30.9. The van der Waals surface area contributed by atoms with E-state index < -0.39 is 66.9 Å². The summed E-state index contributed by atoms with van der Waals surface area (Å²) in [5, 5.41) is 30.6. The van der Waals surface area contributed by atoms with Gasteiger partial charge in [-0.1, -0.05) is 44.2 Å². The number of ether oxygens (including phenoxy) is 3. The molecule has 7 unspecified atom stereocenters. The van der Waals surface area contributed by atoms with Gasteiger partial charge in [0.25, 0.3) is 0 Å². The molecule has 5 N–H and O–H groups in total. The van der Waals surface area contributed by atoms with Gasteiger partial charge in [0.1, 0.15) is 24.6 Å². The first kappa shape index (κ1) is 40.0. The van der Waals surface area contributed by atoms with E-state index in [1.165, 1.54) is 5.57 Å². The molecule has 2 heterocycles. The third-order valence-corrected chi connectivity index (χ3v) is 12.3. The summed E-state index contributed by atoms with van der Waals surface area (Å²) in [7, 11) is 0. The van der Waals surface area contributed by atoms with Crippen LogP contribution in [0.1, 0.15) is 90.7 Å². The van der Waals surface area contributed by atoms with Crippen molar-refractivity contribution in [2.45, 2.75) is 127 Å². The predicted molar refractivity (Wildman–Crippen MR) is 194 cm³/mol. The van der Waals surface area contributed by atoms with Gasteiger partial charge >= 0.3 is 23.6 Å². The van der Waals surface area contributed by atoms with Crippen molar-refractivity contribution in [2.24, 2.45) is 29.1 Å². The van der Waals surface area contributed by atoms with Crippen molar-refractivity contribution in [1.82, 2.24) is 9.55 Å². The van der Waals surface area contributed by atoms with E-state index in [1.54, 1.807) is 0 Å². The molecule has 12 nitrogen and oxygen atoms in total. The number of halogens is 2. The Balaban J connectivity index is 0.990. The van der Waals surface area contributed by atoms with Crippen LogP contribution in [0.5, 0.6) is 0 Å². The molecule has 4 saturated carbocycles. The normalized spacial score (nSPS) is 34.9. The Kier molecular flexibility index (Phi) is 12.0. The van der Waals surface area contributed by atoms with E-state index in [1.807, 2.05) is 6.08 Å². The molecule has 6 rings (SSSR count). The second-order valence-corrected chi connectivity index (χ2v) is 16.1.